The van der Waals surface area contributed by atoms with Crippen molar-refractivity contribution in [1.29, 1.82) is 0 Å². The number of amides is 1. The number of carbonyl (C=O) groups is 1. The predicted molar refractivity (Wildman–Crippen MR) is 82.9 cm³/mol. The smallest absolute Gasteiger partial charge is 0.253 e. The highest BCUT2D eigenvalue weighted by molar-refractivity contribution is 6.30. The van der Waals surface area contributed by atoms with Crippen LogP contribution in [0.15, 0.2) is 42.5 Å². The molecule has 2 aromatic rings. The topological polar surface area (TPSA) is 55.1 Å². The lowest BCUT2D eigenvalue weighted by Gasteiger charge is -2.15. The molecule has 3 nitrogen and oxygen atoms in total. The molecule has 1 amide bonds. The Morgan fingerprint density at radius 2 is 2.00 bits per heavy atom. The van der Waals surface area contributed by atoms with Crippen molar-refractivity contribution in [3.63, 3.8) is 0 Å². The highest BCUT2D eigenvalue weighted by Gasteiger charge is 2.14. The monoisotopic (exact) mass is 288 g/mol. The predicted octanol–water partition coefficient (Wildman–Crippen LogP) is 3.72. The Balaban J connectivity index is 2.17. The third kappa shape index (κ3) is 3.31. The van der Waals surface area contributed by atoms with Crippen LogP contribution in [0.2, 0.25) is 5.02 Å². The summed E-state index contributed by atoms with van der Waals surface area (Å²) in [6.07, 6.45) is 0. The molecule has 20 heavy (non-hydrogen) atoms. The van der Waals surface area contributed by atoms with E-state index in [2.05, 4.69) is 5.32 Å². The van der Waals surface area contributed by atoms with Crippen molar-refractivity contribution in [2.24, 2.45) is 0 Å². The Kier molecular flexibility index (Phi) is 4.30. The van der Waals surface area contributed by atoms with Crippen molar-refractivity contribution in [1.82, 2.24) is 5.32 Å². The van der Waals surface area contributed by atoms with Gasteiger partial charge in [0.1, 0.15) is 0 Å². The molecule has 0 aliphatic heterocycles. The SMILES string of the molecule is Cc1ccc(N)c(C(=O)NC(C)c2cccc(Cl)c2)c1. The van der Waals surface area contributed by atoms with E-state index < -0.39 is 0 Å². The molecule has 0 aliphatic carbocycles. The highest BCUT2D eigenvalue weighted by Crippen LogP contribution is 2.19. The first-order valence-corrected chi connectivity index (χ1v) is 6.77. The number of hydrogen-bond donors (Lipinski definition) is 2. The largest absolute Gasteiger partial charge is 0.398 e. The summed E-state index contributed by atoms with van der Waals surface area (Å²) < 4.78 is 0. The lowest BCUT2D eigenvalue weighted by Crippen LogP contribution is -2.27. The Bertz CT molecular complexity index is 640. The maximum Gasteiger partial charge on any atom is 0.253 e. The standard InChI is InChI=1S/C16H17ClN2O/c1-10-6-7-15(18)14(8-10)16(20)19-11(2)12-4-3-5-13(17)9-12/h3-9,11H,18H2,1-2H3,(H,19,20). The van der Waals surface area contributed by atoms with Gasteiger partial charge in [0.25, 0.3) is 5.91 Å². The van der Waals surface area contributed by atoms with Gasteiger partial charge in [-0.15, -0.1) is 0 Å². The molecular weight excluding hydrogens is 272 g/mol. The second-order valence-corrected chi connectivity index (χ2v) is 5.28. The van der Waals surface area contributed by atoms with Gasteiger partial charge in [-0.1, -0.05) is 35.4 Å². The summed E-state index contributed by atoms with van der Waals surface area (Å²) in [5, 5.41) is 3.58. The van der Waals surface area contributed by atoms with Gasteiger partial charge in [-0.2, -0.15) is 0 Å². The quantitative estimate of drug-likeness (QED) is 0.846. The second kappa shape index (κ2) is 5.97. The molecule has 0 saturated carbocycles. The van der Waals surface area contributed by atoms with E-state index >= 15 is 0 Å². The minimum Gasteiger partial charge on any atom is -0.398 e. The van der Waals surface area contributed by atoms with E-state index in [0.29, 0.717) is 16.3 Å². The number of nitrogens with two attached hydrogens (primary N) is 1. The van der Waals surface area contributed by atoms with E-state index in [0.717, 1.165) is 11.1 Å². The first kappa shape index (κ1) is 14.4. The van der Waals surface area contributed by atoms with E-state index in [1.807, 2.05) is 38.1 Å². The number of anilines is 1. The minimum absolute atomic E-state index is 0.138. The number of nitrogens with one attached hydrogen (secondary N) is 1. The van der Waals surface area contributed by atoms with Gasteiger partial charge in [0.05, 0.1) is 11.6 Å². The summed E-state index contributed by atoms with van der Waals surface area (Å²) in [6.45, 7) is 3.84. The number of benzene rings is 2. The van der Waals surface area contributed by atoms with Crippen LogP contribution in [-0.2, 0) is 0 Å². The number of aryl methyl sites for hydroxylation is 1. The molecule has 4 heteroatoms. The molecule has 2 rings (SSSR count). The van der Waals surface area contributed by atoms with Crippen molar-refractivity contribution in [2.45, 2.75) is 19.9 Å². The van der Waals surface area contributed by atoms with E-state index in [-0.39, 0.29) is 11.9 Å². The molecule has 0 heterocycles. The lowest BCUT2D eigenvalue weighted by atomic mass is 10.1. The van der Waals surface area contributed by atoms with E-state index in [9.17, 15) is 4.79 Å². The van der Waals surface area contributed by atoms with Crippen molar-refractivity contribution < 1.29 is 4.79 Å². The number of nitrogen functional groups attached to an aromatic ring is 1. The molecule has 104 valence electrons. The lowest BCUT2D eigenvalue weighted by molar-refractivity contribution is 0.0940. The molecule has 1 atom stereocenters. The van der Waals surface area contributed by atoms with Gasteiger partial charge < -0.3 is 11.1 Å². The van der Waals surface area contributed by atoms with Crippen LogP contribution in [-0.4, -0.2) is 5.91 Å². The average Bonchev–Trinajstić information content (AvgIpc) is 2.41. The summed E-state index contributed by atoms with van der Waals surface area (Å²) in [6, 6.07) is 12.7. The summed E-state index contributed by atoms with van der Waals surface area (Å²) in [7, 11) is 0. The van der Waals surface area contributed by atoms with Crippen LogP contribution in [0.1, 0.15) is 34.5 Å². The highest BCUT2D eigenvalue weighted by atomic mass is 35.5. The molecule has 0 saturated heterocycles. The number of hydrogen-bond acceptors (Lipinski definition) is 2. The zero-order valence-corrected chi connectivity index (χ0v) is 12.2. The van der Waals surface area contributed by atoms with Crippen LogP contribution in [0.5, 0.6) is 0 Å². The van der Waals surface area contributed by atoms with Crippen molar-refractivity contribution in [3.05, 3.63) is 64.2 Å². The number of rotatable bonds is 3. The number of carbonyl (C=O) groups excluding carboxylic acids is 1. The van der Waals surface area contributed by atoms with Crippen LogP contribution in [0.3, 0.4) is 0 Å². The maximum absolute atomic E-state index is 12.3. The summed E-state index contributed by atoms with van der Waals surface area (Å²) in [5.41, 5.74) is 8.78. The van der Waals surface area contributed by atoms with E-state index in [4.69, 9.17) is 17.3 Å². The molecule has 0 spiro atoms. The van der Waals surface area contributed by atoms with Crippen molar-refractivity contribution in [3.8, 4) is 0 Å². The first-order valence-electron chi connectivity index (χ1n) is 6.40. The van der Waals surface area contributed by atoms with Gasteiger partial charge >= 0.3 is 0 Å². The first-order chi connectivity index (χ1) is 9.47. The Morgan fingerprint density at radius 1 is 1.25 bits per heavy atom. The fourth-order valence-corrected chi connectivity index (χ4v) is 2.20. The second-order valence-electron chi connectivity index (χ2n) is 4.84. The molecule has 1 unspecified atom stereocenters. The molecule has 2 aromatic carbocycles. The fourth-order valence-electron chi connectivity index (χ4n) is 2.00. The van der Waals surface area contributed by atoms with Crippen LogP contribution in [0.25, 0.3) is 0 Å². The third-order valence-corrected chi connectivity index (χ3v) is 3.38. The minimum atomic E-state index is -0.182. The van der Waals surface area contributed by atoms with Gasteiger partial charge in [0.15, 0.2) is 0 Å². The van der Waals surface area contributed by atoms with Gasteiger partial charge in [-0.05, 0) is 43.7 Å². The average molecular weight is 289 g/mol. The maximum atomic E-state index is 12.3. The molecule has 3 N–H and O–H groups in total. The van der Waals surface area contributed by atoms with Crippen LogP contribution in [0, 0.1) is 6.92 Å². The van der Waals surface area contributed by atoms with Crippen LogP contribution >= 0.6 is 11.6 Å². The molecular formula is C16H17ClN2O. The Labute approximate surface area is 123 Å². The zero-order chi connectivity index (χ0) is 14.7. The van der Waals surface area contributed by atoms with Gasteiger partial charge in [0, 0.05) is 10.7 Å². The van der Waals surface area contributed by atoms with Gasteiger partial charge in [-0.25, -0.2) is 0 Å². The zero-order valence-electron chi connectivity index (χ0n) is 11.5. The normalized spacial score (nSPS) is 11.9. The summed E-state index contributed by atoms with van der Waals surface area (Å²) >= 11 is 5.96. The van der Waals surface area contributed by atoms with Crippen molar-refractivity contribution in [2.75, 3.05) is 5.73 Å². The fraction of sp³-hybridized carbons (Fsp3) is 0.188. The molecule has 0 bridgehead atoms. The summed E-state index contributed by atoms with van der Waals surface area (Å²) in [5.74, 6) is -0.182. The van der Waals surface area contributed by atoms with Gasteiger partial charge in [0.2, 0.25) is 0 Å². The Hall–Kier alpha value is -2.00. The third-order valence-electron chi connectivity index (χ3n) is 3.15. The van der Waals surface area contributed by atoms with E-state index in [1.165, 1.54) is 0 Å². The Morgan fingerprint density at radius 3 is 2.70 bits per heavy atom. The number of halogens is 1. The van der Waals surface area contributed by atoms with Crippen molar-refractivity contribution >= 4 is 23.2 Å². The molecule has 0 fully saturated rings. The van der Waals surface area contributed by atoms with Crippen LogP contribution < -0.4 is 11.1 Å². The molecule has 0 radical (unpaired) electrons. The summed E-state index contributed by atoms with van der Waals surface area (Å²) in [4.78, 5) is 12.3. The molecule has 0 aliphatic rings. The van der Waals surface area contributed by atoms with Gasteiger partial charge in [-0.3, -0.25) is 4.79 Å². The van der Waals surface area contributed by atoms with E-state index in [1.54, 1.807) is 18.2 Å². The van der Waals surface area contributed by atoms with Crippen LogP contribution in [0.4, 0.5) is 5.69 Å². The molecule has 0 aromatic heterocycles.